The second kappa shape index (κ2) is 5.18. The molecule has 70 valence electrons. The standard InChI is InChI=1S/C10H20N2/c1-2-3-8-12-9-6-4-5-7-10(12)11/h11H,2-9H2,1H3. The predicted octanol–water partition coefficient (Wildman–Crippen LogP) is 2.64. The molecule has 1 N–H and O–H groups in total. The van der Waals surface area contributed by atoms with Crippen molar-refractivity contribution in [3.05, 3.63) is 0 Å². The first kappa shape index (κ1) is 9.56. The van der Waals surface area contributed by atoms with Gasteiger partial charge < -0.3 is 4.90 Å². The van der Waals surface area contributed by atoms with Crippen molar-refractivity contribution in [1.82, 2.24) is 4.90 Å². The summed E-state index contributed by atoms with van der Waals surface area (Å²) in [5.74, 6) is 0.876. The Hall–Kier alpha value is -0.530. The van der Waals surface area contributed by atoms with Gasteiger partial charge in [-0.05, 0) is 19.3 Å². The molecular formula is C10H20N2. The van der Waals surface area contributed by atoms with E-state index in [-0.39, 0.29) is 0 Å². The Morgan fingerprint density at radius 1 is 1.33 bits per heavy atom. The molecule has 2 nitrogen and oxygen atoms in total. The average molecular weight is 168 g/mol. The van der Waals surface area contributed by atoms with Crippen molar-refractivity contribution in [2.75, 3.05) is 13.1 Å². The van der Waals surface area contributed by atoms with Crippen LogP contribution in [0.25, 0.3) is 0 Å². The molecule has 0 amide bonds. The maximum Gasteiger partial charge on any atom is 0.0957 e. The third-order valence-electron chi connectivity index (χ3n) is 2.50. The van der Waals surface area contributed by atoms with E-state index in [9.17, 15) is 0 Å². The van der Waals surface area contributed by atoms with Crippen LogP contribution in [0.15, 0.2) is 0 Å². The van der Waals surface area contributed by atoms with Crippen LogP contribution >= 0.6 is 0 Å². The molecule has 0 saturated carbocycles. The Morgan fingerprint density at radius 3 is 2.92 bits per heavy atom. The summed E-state index contributed by atoms with van der Waals surface area (Å²) in [6.45, 7) is 4.44. The number of nitrogens with one attached hydrogen (secondary N) is 1. The fraction of sp³-hybridized carbons (Fsp3) is 0.900. The molecule has 1 rings (SSSR count). The van der Waals surface area contributed by atoms with Crippen molar-refractivity contribution in [2.24, 2.45) is 0 Å². The highest BCUT2D eigenvalue weighted by molar-refractivity contribution is 5.79. The second-order valence-electron chi connectivity index (χ2n) is 3.60. The first-order valence-corrected chi connectivity index (χ1v) is 5.17. The number of rotatable bonds is 3. The van der Waals surface area contributed by atoms with Gasteiger partial charge in [-0.15, -0.1) is 0 Å². The van der Waals surface area contributed by atoms with Gasteiger partial charge in [0.25, 0.3) is 0 Å². The monoisotopic (exact) mass is 168 g/mol. The molecule has 1 aliphatic rings. The van der Waals surface area contributed by atoms with Gasteiger partial charge in [0, 0.05) is 19.5 Å². The fourth-order valence-corrected chi connectivity index (χ4v) is 1.66. The fourth-order valence-electron chi connectivity index (χ4n) is 1.66. The summed E-state index contributed by atoms with van der Waals surface area (Å²) >= 11 is 0. The van der Waals surface area contributed by atoms with Crippen LogP contribution in [-0.4, -0.2) is 23.8 Å². The Bertz CT molecular complexity index is 143. The molecule has 1 fully saturated rings. The van der Waals surface area contributed by atoms with Crippen molar-refractivity contribution >= 4 is 5.84 Å². The summed E-state index contributed by atoms with van der Waals surface area (Å²) in [6, 6.07) is 0. The Morgan fingerprint density at radius 2 is 2.17 bits per heavy atom. The molecule has 0 radical (unpaired) electrons. The number of nitrogens with zero attached hydrogens (tertiary/aromatic N) is 1. The normalized spacial score (nSPS) is 19.4. The van der Waals surface area contributed by atoms with Crippen molar-refractivity contribution in [3.8, 4) is 0 Å². The lowest BCUT2D eigenvalue weighted by atomic mass is 10.2. The summed E-state index contributed by atoms with van der Waals surface area (Å²) in [7, 11) is 0. The molecular weight excluding hydrogens is 148 g/mol. The molecule has 1 aliphatic heterocycles. The number of amidine groups is 1. The van der Waals surface area contributed by atoms with E-state index in [0.717, 1.165) is 25.3 Å². The minimum absolute atomic E-state index is 0.876. The predicted molar refractivity (Wildman–Crippen MR) is 52.7 cm³/mol. The highest BCUT2D eigenvalue weighted by Crippen LogP contribution is 2.11. The average Bonchev–Trinajstić information content (AvgIpc) is 2.27. The second-order valence-corrected chi connectivity index (χ2v) is 3.60. The van der Waals surface area contributed by atoms with E-state index in [0.29, 0.717) is 0 Å². The van der Waals surface area contributed by atoms with Gasteiger partial charge in [0.15, 0.2) is 0 Å². The smallest absolute Gasteiger partial charge is 0.0957 e. The Labute approximate surface area is 75.5 Å². The highest BCUT2D eigenvalue weighted by Gasteiger charge is 2.11. The van der Waals surface area contributed by atoms with Gasteiger partial charge in [-0.2, -0.15) is 0 Å². The van der Waals surface area contributed by atoms with Crippen molar-refractivity contribution in [3.63, 3.8) is 0 Å². The van der Waals surface area contributed by atoms with Crippen LogP contribution in [-0.2, 0) is 0 Å². The lowest BCUT2D eigenvalue weighted by Gasteiger charge is -2.22. The maximum atomic E-state index is 7.79. The van der Waals surface area contributed by atoms with Crippen LogP contribution in [0.4, 0.5) is 0 Å². The van der Waals surface area contributed by atoms with Gasteiger partial charge in [0.05, 0.1) is 5.84 Å². The topological polar surface area (TPSA) is 27.1 Å². The summed E-state index contributed by atoms with van der Waals surface area (Å²) in [6.07, 6.45) is 7.30. The summed E-state index contributed by atoms with van der Waals surface area (Å²) in [5, 5.41) is 7.79. The minimum Gasteiger partial charge on any atom is -0.361 e. The van der Waals surface area contributed by atoms with Crippen LogP contribution in [0.2, 0.25) is 0 Å². The molecule has 0 unspecified atom stereocenters. The van der Waals surface area contributed by atoms with Crippen LogP contribution in [0.5, 0.6) is 0 Å². The summed E-state index contributed by atoms with van der Waals surface area (Å²) in [5.41, 5.74) is 0. The van der Waals surface area contributed by atoms with Crippen molar-refractivity contribution in [2.45, 2.75) is 45.4 Å². The largest absolute Gasteiger partial charge is 0.361 e. The van der Waals surface area contributed by atoms with Crippen molar-refractivity contribution < 1.29 is 0 Å². The molecule has 1 heterocycles. The van der Waals surface area contributed by atoms with Gasteiger partial charge in [0.1, 0.15) is 0 Å². The van der Waals surface area contributed by atoms with Crippen LogP contribution < -0.4 is 0 Å². The molecule has 0 aromatic carbocycles. The van der Waals surface area contributed by atoms with E-state index in [2.05, 4.69) is 11.8 Å². The van der Waals surface area contributed by atoms with E-state index >= 15 is 0 Å². The first-order valence-electron chi connectivity index (χ1n) is 5.17. The summed E-state index contributed by atoms with van der Waals surface area (Å²) in [4.78, 5) is 2.26. The van der Waals surface area contributed by atoms with Crippen LogP contribution in [0.1, 0.15) is 45.4 Å². The number of hydrogen-bond acceptors (Lipinski definition) is 1. The zero-order valence-corrected chi connectivity index (χ0v) is 8.10. The third kappa shape index (κ3) is 2.84. The van der Waals surface area contributed by atoms with E-state index in [4.69, 9.17) is 5.41 Å². The minimum atomic E-state index is 0.876. The zero-order valence-electron chi connectivity index (χ0n) is 8.10. The van der Waals surface area contributed by atoms with E-state index < -0.39 is 0 Å². The molecule has 1 saturated heterocycles. The third-order valence-corrected chi connectivity index (χ3v) is 2.50. The van der Waals surface area contributed by atoms with E-state index in [1.807, 2.05) is 0 Å². The molecule has 0 atom stereocenters. The van der Waals surface area contributed by atoms with Gasteiger partial charge in [-0.1, -0.05) is 19.8 Å². The lowest BCUT2D eigenvalue weighted by Crippen LogP contribution is -2.30. The van der Waals surface area contributed by atoms with Crippen LogP contribution in [0.3, 0.4) is 0 Å². The highest BCUT2D eigenvalue weighted by atomic mass is 15.2. The molecule has 0 bridgehead atoms. The van der Waals surface area contributed by atoms with Crippen molar-refractivity contribution in [1.29, 1.82) is 5.41 Å². The molecule has 0 aromatic rings. The first-order chi connectivity index (χ1) is 5.84. The molecule has 0 spiro atoms. The zero-order chi connectivity index (χ0) is 8.81. The summed E-state index contributed by atoms with van der Waals surface area (Å²) < 4.78 is 0. The number of unbranched alkanes of at least 4 members (excludes halogenated alkanes) is 1. The van der Waals surface area contributed by atoms with Gasteiger partial charge in [-0.25, -0.2) is 0 Å². The molecule has 0 aromatic heterocycles. The Kier molecular flexibility index (Phi) is 4.12. The number of likely N-dealkylation sites (tertiary alicyclic amines) is 1. The molecule has 0 aliphatic carbocycles. The van der Waals surface area contributed by atoms with Crippen LogP contribution in [0, 0.1) is 5.41 Å². The number of hydrogen-bond donors (Lipinski definition) is 1. The molecule has 12 heavy (non-hydrogen) atoms. The van der Waals surface area contributed by atoms with E-state index in [1.165, 1.54) is 32.1 Å². The maximum absolute atomic E-state index is 7.79. The van der Waals surface area contributed by atoms with Gasteiger partial charge in [-0.3, -0.25) is 5.41 Å². The van der Waals surface area contributed by atoms with E-state index in [1.54, 1.807) is 0 Å². The van der Waals surface area contributed by atoms with Gasteiger partial charge in [0.2, 0.25) is 0 Å². The van der Waals surface area contributed by atoms with Gasteiger partial charge >= 0.3 is 0 Å². The Balaban J connectivity index is 2.31. The molecule has 2 heteroatoms. The SMILES string of the molecule is CCCCN1CCCCCC1=N. The quantitative estimate of drug-likeness (QED) is 0.689. The lowest BCUT2D eigenvalue weighted by molar-refractivity contribution is 0.402.